The van der Waals surface area contributed by atoms with E-state index < -0.39 is 0 Å². The molecular formula is C19H26N2. The molecule has 2 heteroatoms. The average Bonchev–Trinajstić information content (AvgIpc) is 2.48. The van der Waals surface area contributed by atoms with Gasteiger partial charge in [0.1, 0.15) is 0 Å². The Morgan fingerprint density at radius 1 is 1.00 bits per heavy atom. The highest BCUT2D eigenvalue weighted by atomic mass is 14.9. The molecule has 0 aliphatic carbocycles. The third kappa shape index (κ3) is 4.40. The molecule has 1 aromatic heterocycles. The molecule has 1 aromatic carbocycles. The van der Waals surface area contributed by atoms with E-state index in [-0.39, 0.29) is 5.41 Å². The minimum absolute atomic E-state index is 0.172. The van der Waals surface area contributed by atoms with Gasteiger partial charge in [0.15, 0.2) is 0 Å². The van der Waals surface area contributed by atoms with Crippen molar-refractivity contribution in [3.63, 3.8) is 0 Å². The number of nitrogens with zero attached hydrogens (tertiary/aromatic N) is 1. The molecule has 2 aromatic rings. The van der Waals surface area contributed by atoms with Gasteiger partial charge < -0.3 is 5.32 Å². The lowest BCUT2D eigenvalue weighted by atomic mass is 9.79. The first-order chi connectivity index (χ1) is 9.99. The lowest BCUT2D eigenvalue weighted by molar-refractivity contribution is 0.366. The highest BCUT2D eigenvalue weighted by Crippen LogP contribution is 2.28. The molecule has 0 saturated carbocycles. The van der Waals surface area contributed by atoms with E-state index in [1.165, 1.54) is 11.1 Å². The fraction of sp³-hybridized carbons (Fsp3) is 0.421. The fourth-order valence-corrected chi connectivity index (χ4v) is 3.01. The van der Waals surface area contributed by atoms with Gasteiger partial charge in [0, 0.05) is 24.5 Å². The van der Waals surface area contributed by atoms with Crippen LogP contribution in [-0.4, -0.2) is 11.0 Å². The third-order valence-corrected chi connectivity index (χ3v) is 4.11. The fourth-order valence-electron chi connectivity index (χ4n) is 3.01. The minimum Gasteiger partial charge on any atom is -0.308 e. The number of nitrogens with one attached hydrogen (secondary N) is 1. The molecule has 0 radical (unpaired) electrons. The van der Waals surface area contributed by atoms with Gasteiger partial charge in [-0.3, -0.25) is 4.98 Å². The Morgan fingerprint density at radius 3 is 2.24 bits per heavy atom. The highest BCUT2D eigenvalue weighted by Gasteiger charge is 2.23. The molecule has 0 aliphatic rings. The summed E-state index contributed by atoms with van der Waals surface area (Å²) < 4.78 is 0. The maximum Gasteiger partial charge on any atom is 0.0295 e. The van der Waals surface area contributed by atoms with Gasteiger partial charge in [-0.25, -0.2) is 0 Å². The van der Waals surface area contributed by atoms with Crippen molar-refractivity contribution in [2.45, 2.75) is 51.6 Å². The van der Waals surface area contributed by atoms with Crippen molar-refractivity contribution >= 4 is 0 Å². The van der Waals surface area contributed by atoms with Gasteiger partial charge in [0.25, 0.3) is 0 Å². The van der Waals surface area contributed by atoms with Gasteiger partial charge in [0.05, 0.1) is 0 Å². The predicted octanol–water partition coefficient (Wildman–Crippen LogP) is 4.49. The Labute approximate surface area is 128 Å². The van der Waals surface area contributed by atoms with Gasteiger partial charge >= 0.3 is 0 Å². The lowest BCUT2D eigenvalue weighted by Crippen LogP contribution is -2.34. The van der Waals surface area contributed by atoms with Crippen molar-refractivity contribution in [2.24, 2.45) is 0 Å². The summed E-state index contributed by atoms with van der Waals surface area (Å²) in [6.07, 6.45) is 4.81. The maximum atomic E-state index is 4.08. The Bertz CT molecular complexity index is 534. The normalized spacial score (nSPS) is 14.7. The van der Waals surface area contributed by atoms with Gasteiger partial charge in [-0.2, -0.15) is 0 Å². The number of benzene rings is 1. The monoisotopic (exact) mass is 282 g/mol. The van der Waals surface area contributed by atoms with E-state index in [2.05, 4.69) is 80.5 Å². The molecule has 0 bridgehead atoms. The smallest absolute Gasteiger partial charge is 0.0295 e. The zero-order valence-electron chi connectivity index (χ0n) is 13.5. The minimum atomic E-state index is 0.172. The summed E-state index contributed by atoms with van der Waals surface area (Å²) in [5.74, 6) is 0. The standard InChI is InChI=1S/C19H26N2/c1-15(21-16(2)17-10-12-20-13-11-17)14-19(3,4)18-8-6-5-7-9-18/h5-13,15-16,21H,14H2,1-4H3/t15?,16-/m1/s1. The average molecular weight is 282 g/mol. The number of rotatable bonds is 6. The number of hydrogen-bond acceptors (Lipinski definition) is 2. The first-order valence-electron chi connectivity index (χ1n) is 7.70. The van der Waals surface area contributed by atoms with E-state index in [1.807, 2.05) is 12.4 Å². The number of pyridine rings is 1. The molecular weight excluding hydrogens is 256 g/mol. The molecule has 21 heavy (non-hydrogen) atoms. The van der Waals surface area contributed by atoms with Crippen LogP contribution in [0.15, 0.2) is 54.9 Å². The van der Waals surface area contributed by atoms with Crippen LogP contribution < -0.4 is 5.32 Å². The Hall–Kier alpha value is -1.67. The first-order valence-corrected chi connectivity index (χ1v) is 7.70. The Morgan fingerprint density at radius 2 is 1.62 bits per heavy atom. The predicted molar refractivity (Wildman–Crippen MR) is 89.3 cm³/mol. The summed E-state index contributed by atoms with van der Waals surface area (Å²) in [5.41, 5.74) is 2.86. The molecule has 1 N–H and O–H groups in total. The molecule has 2 rings (SSSR count). The van der Waals surface area contributed by atoms with E-state index in [1.54, 1.807) is 0 Å². The van der Waals surface area contributed by atoms with Gasteiger partial charge in [-0.15, -0.1) is 0 Å². The second-order valence-electron chi connectivity index (χ2n) is 6.52. The summed E-state index contributed by atoms with van der Waals surface area (Å²) in [6, 6.07) is 15.7. The van der Waals surface area contributed by atoms with E-state index in [4.69, 9.17) is 0 Å². The van der Waals surface area contributed by atoms with Gasteiger partial charge in [-0.05, 0) is 48.9 Å². The molecule has 0 aliphatic heterocycles. The molecule has 0 fully saturated rings. The quantitative estimate of drug-likeness (QED) is 0.844. The molecule has 0 amide bonds. The summed E-state index contributed by atoms with van der Waals surface area (Å²) >= 11 is 0. The van der Waals surface area contributed by atoms with Crippen molar-refractivity contribution in [3.8, 4) is 0 Å². The van der Waals surface area contributed by atoms with Crippen LogP contribution in [0.5, 0.6) is 0 Å². The van der Waals surface area contributed by atoms with Crippen LogP contribution in [0.3, 0.4) is 0 Å². The van der Waals surface area contributed by atoms with Gasteiger partial charge in [-0.1, -0.05) is 44.2 Å². The van der Waals surface area contributed by atoms with E-state index in [0.717, 1.165) is 6.42 Å². The summed E-state index contributed by atoms with van der Waals surface area (Å²) in [4.78, 5) is 4.08. The van der Waals surface area contributed by atoms with Crippen LogP contribution in [0, 0.1) is 0 Å². The molecule has 1 heterocycles. The highest BCUT2D eigenvalue weighted by molar-refractivity contribution is 5.23. The third-order valence-electron chi connectivity index (χ3n) is 4.11. The Balaban J connectivity index is 1.97. The zero-order chi connectivity index (χ0) is 15.3. The maximum absolute atomic E-state index is 4.08. The van der Waals surface area contributed by atoms with E-state index >= 15 is 0 Å². The zero-order valence-corrected chi connectivity index (χ0v) is 13.5. The van der Waals surface area contributed by atoms with Crippen molar-refractivity contribution in [2.75, 3.05) is 0 Å². The second kappa shape index (κ2) is 6.86. The van der Waals surface area contributed by atoms with Crippen molar-refractivity contribution in [3.05, 3.63) is 66.0 Å². The second-order valence-corrected chi connectivity index (χ2v) is 6.52. The van der Waals surface area contributed by atoms with Crippen LogP contribution in [0.1, 0.15) is 51.3 Å². The number of hydrogen-bond donors (Lipinski definition) is 1. The lowest BCUT2D eigenvalue weighted by Gasteiger charge is -2.31. The molecule has 112 valence electrons. The summed E-state index contributed by atoms with van der Waals surface area (Å²) in [7, 11) is 0. The summed E-state index contributed by atoms with van der Waals surface area (Å²) in [5, 5.41) is 3.69. The van der Waals surface area contributed by atoms with E-state index in [9.17, 15) is 0 Å². The number of aromatic nitrogens is 1. The largest absolute Gasteiger partial charge is 0.308 e. The van der Waals surface area contributed by atoms with Crippen LogP contribution in [0.25, 0.3) is 0 Å². The van der Waals surface area contributed by atoms with Gasteiger partial charge in [0.2, 0.25) is 0 Å². The molecule has 2 nitrogen and oxygen atoms in total. The summed E-state index contributed by atoms with van der Waals surface area (Å²) in [6.45, 7) is 9.11. The van der Waals surface area contributed by atoms with Crippen molar-refractivity contribution < 1.29 is 0 Å². The van der Waals surface area contributed by atoms with Crippen molar-refractivity contribution in [1.82, 2.24) is 10.3 Å². The van der Waals surface area contributed by atoms with Crippen LogP contribution in [0.4, 0.5) is 0 Å². The van der Waals surface area contributed by atoms with Crippen LogP contribution in [0.2, 0.25) is 0 Å². The molecule has 2 atom stereocenters. The topological polar surface area (TPSA) is 24.9 Å². The molecule has 0 saturated heterocycles. The molecule has 1 unspecified atom stereocenters. The molecule has 0 spiro atoms. The van der Waals surface area contributed by atoms with Crippen LogP contribution >= 0.6 is 0 Å². The van der Waals surface area contributed by atoms with Crippen LogP contribution in [-0.2, 0) is 5.41 Å². The Kier molecular flexibility index (Phi) is 5.13. The first kappa shape index (κ1) is 15.7. The SMILES string of the molecule is CC(CC(C)(C)c1ccccc1)N[C@H](C)c1ccncc1. The van der Waals surface area contributed by atoms with E-state index in [0.29, 0.717) is 12.1 Å². The van der Waals surface area contributed by atoms with Crippen molar-refractivity contribution in [1.29, 1.82) is 0 Å².